The molecular weight excluding hydrogens is 316 g/mol. The average molecular weight is 335 g/mol. The van der Waals surface area contributed by atoms with Crippen LogP contribution in [0.25, 0.3) is 0 Å². The van der Waals surface area contributed by atoms with E-state index < -0.39 is 14.6 Å². The van der Waals surface area contributed by atoms with Crippen LogP contribution < -0.4 is 4.74 Å². The Hall–Kier alpha value is -0.550. The second kappa shape index (κ2) is 5.61. The van der Waals surface area contributed by atoms with Crippen molar-refractivity contribution in [3.8, 4) is 5.75 Å². The first kappa shape index (κ1) is 15.5. The molecule has 0 N–H and O–H groups in total. The van der Waals surface area contributed by atoms with Crippen molar-refractivity contribution in [3.05, 3.63) is 29.8 Å². The molecule has 1 aromatic rings. The highest BCUT2D eigenvalue weighted by atomic mass is 79.9. The van der Waals surface area contributed by atoms with Gasteiger partial charge in [-0.05, 0) is 31.9 Å². The normalized spacial score (nSPS) is 14.3. The van der Waals surface area contributed by atoms with E-state index in [-0.39, 0.29) is 4.83 Å². The van der Waals surface area contributed by atoms with E-state index in [2.05, 4.69) is 15.9 Å². The van der Waals surface area contributed by atoms with Gasteiger partial charge in [-0.2, -0.15) is 0 Å². The van der Waals surface area contributed by atoms with Crippen molar-refractivity contribution in [2.24, 2.45) is 0 Å². The SMILES string of the molecule is COc1ccccc1CC(Br)C(C)(C)S(C)(=O)=O. The molecule has 0 spiro atoms. The number of ether oxygens (including phenoxy) is 1. The fraction of sp³-hybridized carbons (Fsp3) is 0.538. The van der Waals surface area contributed by atoms with Gasteiger partial charge in [0.15, 0.2) is 9.84 Å². The molecule has 0 aliphatic carbocycles. The largest absolute Gasteiger partial charge is 0.496 e. The molecule has 1 aromatic carbocycles. The number of rotatable bonds is 5. The molecule has 18 heavy (non-hydrogen) atoms. The van der Waals surface area contributed by atoms with E-state index >= 15 is 0 Å². The van der Waals surface area contributed by atoms with Crippen LogP contribution in [0.15, 0.2) is 24.3 Å². The summed E-state index contributed by atoms with van der Waals surface area (Å²) in [5.41, 5.74) is 0.999. The zero-order valence-electron chi connectivity index (χ0n) is 11.1. The maximum atomic E-state index is 11.8. The van der Waals surface area contributed by atoms with Crippen LogP contribution in [0.3, 0.4) is 0 Å². The van der Waals surface area contributed by atoms with Crippen LogP contribution in [0, 0.1) is 0 Å². The summed E-state index contributed by atoms with van der Waals surface area (Å²) in [6.07, 6.45) is 1.87. The molecule has 0 radical (unpaired) electrons. The molecule has 102 valence electrons. The highest BCUT2D eigenvalue weighted by Crippen LogP contribution is 2.31. The molecule has 3 nitrogen and oxygen atoms in total. The number of sulfone groups is 1. The van der Waals surface area contributed by atoms with E-state index in [1.54, 1.807) is 21.0 Å². The van der Waals surface area contributed by atoms with E-state index in [1.807, 2.05) is 24.3 Å². The summed E-state index contributed by atoms with van der Waals surface area (Å²) in [4.78, 5) is -0.170. The van der Waals surface area contributed by atoms with Crippen molar-refractivity contribution < 1.29 is 13.2 Å². The topological polar surface area (TPSA) is 43.4 Å². The minimum Gasteiger partial charge on any atom is -0.496 e. The lowest BCUT2D eigenvalue weighted by Crippen LogP contribution is -2.41. The van der Waals surface area contributed by atoms with Crippen molar-refractivity contribution in [3.63, 3.8) is 0 Å². The second-order valence-corrected chi connectivity index (χ2v) is 8.56. The fourth-order valence-corrected chi connectivity index (χ4v) is 3.46. The van der Waals surface area contributed by atoms with Gasteiger partial charge in [0, 0.05) is 11.1 Å². The van der Waals surface area contributed by atoms with E-state index in [1.165, 1.54) is 6.26 Å². The van der Waals surface area contributed by atoms with Crippen LogP contribution in [0.1, 0.15) is 19.4 Å². The van der Waals surface area contributed by atoms with Crippen LogP contribution in [0.2, 0.25) is 0 Å². The Morgan fingerprint density at radius 1 is 1.33 bits per heavy atom. The van der Waals surface area contributed by atoms with Gasteiger partial charge in [0.05, 0.1) is 11.9 Å². The predicted octanol–water partition coefficient (Wildman–Crippen LogP) is 2.82. The summed E-state index contributed by atoms with van der Waals surface area (Å²) in [5, 5.41) is 0. The molecule has 1 atom stereocenters. The Bertz CT molecular complexity index is 509. The van der Waals surface area contributed by atoms with Crippen molar-refractivity contribution in [1.82, 2.24) is 0 Å². The van der Waals surface area contributed by atoms with E-state index in [0.717, 1.165) is 11.3 Å². The average Bonchev–Trinajstić information content (AvgIpc) is 2.28. The molecule has 5 heteroatoms. The third kappa shape index (κ3) is 3.26. The zero-order valence-corrected chi connectivity index (χ0v) is 13.5. The quantitative estimate of drug-likeness (QED) is 0.777. The molecule has 0 heterocycles. The first-order chi connectivity index (χ1) is 8.20. The maximum absolute atomic E-state index is 11.8. The van der Waals surface area contributed by atoms with Gasteiger partial charge in [-0.1, -0.05) is 34.1 Å². The first-order valence-electron chi connectivity index (χ1n) is 5.65. The van der Waals surface area contributed by atoms with Gasteiger partial charge in [0.1, 0.15) is 5.75 Å². The van der Waals surface area contributed by atoms with Crippen LogP contribution >= 0.6 is 15.9 Å². The number of alkyl halides is 1. The monoisotopic (exact) mass is 334 g/mol. The molecule has 1 rings (SSSR count). The van der Waals surface area contributed by atoms with E-state index in [0.29, 0.717) is 6.42 Å². The molecule has 0 aliphatic rings. The number of methoxy groups -OCH3 is 1. The molecule has 0 saturated heterocycles. The highest BCUT2D eigenvalue weighted by molar-refractivity contribution is 9.09. The Balaban J connectivity index is 2.98. The highest BCUT2D eigenvalue weighted by Gasteiger charge is 2.37. The Morgan fingerprint density at radius 3 is 2.39 bits per heavy atom. The van der Waals surface area contributed by atoms with Gasteiger partial charge in [0.25, 0.3) is 0 Å². The third-order valence-electron chi connectivity index (χ3n) is 3.30. The minimum atomic E-state index is -3.13. The van der Waals surface area contributed by atoms with Gasteiger partial charge in [-0.3, -0.25) is 0 Å². The molecule has 0 aromatic heterocycles. The molecule has 0 fully saturated rings. The second-order valence-electron chi connectivity index (χ2n) is 4.86. The summed E-state index contributed by atoms with van der Waals surface area (Å²) in [7, 11) is -1.51. The molecule has 0 amide bonds. The number of hydrogen-bond donors (Lipinski definition) is 0. The molecule has 0 bridgehead atoms. The Morgan fingerprint density at radius 2 is 1.89 bits per heavy atom. The van der Waals surface area contributed by atoms with Gasteiger partial charge < -0.3 is 4.74 Å². The van der Waals surface area contributed by atoms with Gasteiger partial charge in [0.2, 0.25) is 0 Å². The van der Waals surface area contributed by atoms with Gasteiger partial charge in [-0.25, -0.2) is 8.42 Å². The molecule has 1 unspecified atom stereocenters. The first-order valence-corrected chi connectivity index (χ1v) is 8.46. The van der Waals surface area contributed by atoms with Crippen molar-refractivity contribution in [2.75, 3.05) is 13.4 Å². The lowest BCUT2D eigenvalue weighted by Gasteiger charge is -2.28. The number of halogens is 1. The van der Waals surface area contributed by atoms with Gasteiger partial charge in [-0.15, -0.1) is 0 Å². The van der Waals surface area contributed by atoms with Crippen molar-refractivity contribution in [2.45, 2.75) is 29.8 Å². The minimum absolute atomic E-state index is 0.170. The summed E-state index contributed by atoms with van der Waals surface area (Å²) in [5.74, 6) is 0.784. The van der Waals surface area contributed by atoms with Crippen LogP contribution in [0.5, 0.6) is 5.75 Å². The standard InChI is InChI=1S/C13H19BrO3S/c1-13(2,18(4,15)16)12(14)9-10-7-5-6-8-11(10)17-3/h5-8,12H,9H2,1-4H3. The summed E-state index contributed by atoms with van der Waals surface area (Å²) < 4.78 is 28.0. The predicted molar refractivity (Wildman–Crippen MR) is 78.3 cm³/mol. The van der Waals surface area contributed by atoms with Crippen LogP contribution in [0.4, 0.5) is 0 Å². The third-order valence-corrected chi connectivity index (χ3v) is 7.27. The molecular formula is C13H19BrO3S. The number of benzene rings is 1. The summed E-state index contributed by atoms with van der Waals surface area (Å²) in [6.45, 7) is 3.47. The van der Waals surface area contributed by atoms with Crippen molar-refractivity contribution >= 4 is 25.8 Å². The Kier molecular flexibility index (Phi) is 4.84. The van der Waals surface area contributed by atoms with E-state index in [4.69, 9.17) is 4.74 Å². The number of para-hydroxylation sites is 1. The van der Waals surface area contributed by atoms with E-state index in [9.17, 15) is 8.42 Å². The lowest BCUT2D eigenvalue weighted by molar-refractivity contribution is 0.408. The maximum Gasteiger partial charge on any atom is 0.153 e. The van der Waals surface area contributed by atoms with Crippen LogP contribution in [-0.2, 0) is 16.3 Å². The molecule has 0 aliphatic heterocycles. The summed E-state index contributed by atoms with van der Waals surface area (Å²) in [6, 6.07) is 7.65. The van der Waals surface area contributed by atoms with Crippen LogP contribution in [-0.4, -0.2) is 31.4 Å². The lowest BCUT2D eigenvalue weighted by atomic mass is 10.0. The summed E-state index contributed by atoms with van der Waals surface area (Å²) >= 11 is 3.50. The smallest absolute Gasteiger partial charge is 0.153 e. The fourth-order valence-electron chi connectivity index (χ4n) is 1.54. The molecule has 0 saturated carbocycles. The Labute approximate surface area is 118 Å². The zero-order chi connectivity index (χ0) is 14.0. The van der Waals surface area contributed by atoms with Crippen molar-refractivity contribution in [1.29, 1.82) is 0 Å². The van der Waals surface area contributed by atoms with Gasteiger partial charge >= 0.3 is 0 Å². The number of hydrogen-bond acceptors (Lipinski definition) is 3.